The van der Waals surface area contributed by atoms with Crippen molar-refractivity contribution in [2.24, 2.45) is 10.8 Å². The van der Waals surface area contributed by atoms with E-state index in [1.165, 1.54) is 13.0 Å². The molecular formula is C27H30N2O6. The van der Waals surface area contributed by atoms with E-state index >= 15 is 0 Å². The molecule has 1 heterocycles. The Morgan fingerprint density at radius 1 is 0.857 bits per heavy atom. The predicted octanol–water partition coefficient (Wildman–Crippen LogP) is 5.11. The third kappa shape index (κ3) is 5.59. The Balaban J connectivity index is 2.03. The summed E-state index contributed by atoms with van der Waals surface area (Å²) in [4.78, 5) is 56.5. The normalized spacial score (nSPS) is 14.8. The van der Waals surface area contributed by atoms with Crippen molar-refractivity contribution < 1.29 is 28.8 Å². The predicted molar refractivity (Wildman–Crippen MR) is 132 cm³/mol. The molecule has 0 bridgehead atoms. The Bertz CT molecular complexity index is 1220. The number of ether oxygens (including phenoxy) is 1. The van der Waals surface area contributed by atoms with Crippen LogP contribution in [0.4, 0.5) is 11.4 Å². The number of nitrogens with zero attached hydrogens (tertiary/aromatic N) is 1. The van der Waals surface area contributed by atoms with E-state index in [1.807, 2.05) is 6.07 Å². The molecule has 2 amide bonds. The average Bonchev–Trinajstić information content (AvgIpc) is 3.03. The van der Waals surface area contributed by atoms with Gasteiger partial charge in [-0.15, -0.1) is 5.06 Å². The summed E-state index contributed by atoms with van der Waals surface area (Å²) in [5.74, 6) is -2.02. The number of allylic oxidation sites excluding steroid dienone is 1. The molecule has 3 rings (SSSR count). The summed E-state index contributed by atoms with van der Waals surface area (Å²) in [5, 5.41) is 3.66. The zero-order chi connectivity index (χ0) is 26.1. The molecular weight excluding hydrogens is 448 g/mol. The van der Waals surface area contributed by atoms with Crippen molar-refractivity contribution >= 4 is 40.7 Å². The summed E-state index contributed by atoms with van der Waals surface area (Å²) in [7, 11) is 0. The minimum absolute atomic E-state index is 0.0894. The lowest BCUT2D eigenvalue weighted by Crippen LogP contribution is -2.35. The monoisotopic (exact) mass is 478 g/mol. The van der Waals surface area contributed by atoms with Crippen LogP contribution in [0.15, 0.2) is 54.3 Å². The topological polar surface area (TPSA) is 102 Å². The Morgan fingerprint density at radius 2 is 1.46 bits per heavy atom. The van der Waals surface area contributed by atoms with Crippen LogP contribution in [-0.2, 0) is 24.0 Å². The molecule has 35 heavy (non-hydrogen) atoms. The number of esters is 1. The van der Waals surface area contributed by atoms with Crippen molar-refractivity contribution in [2.75, 3.05) is 10.4 Å². The summed E-state index contributed by atoms with van der Waals surface area (Å²) >= 11 is 0. The fraction of sp³-hybridized carbons (Fsp3) is 0.333. The van der Waals surface area contributed by atoms with E-state index in [0.29, 0.717) is 16.8 Å². The van der Waals surface area contributed by atoms with Gasteiger partial charge in [0.2, 0.25) is 0 Å². The van der Waals surface area contributed by atoms with Crippen LogP contribution in [0.3, 0.4) is 0 Å². The maximum Gasteiger partial charge on any atom is 0.338 e. The first-order chi connectivity index (χ1) is 16.2. The molecule has 0 radical (unpaired) electrons. The number of hydroxylamine groups is 1. The first-order valence-electron chi connectivity index (χ1n) is 11.2. The van der Waals surface area contributed by atoms with Gasteiger partial charge in [-0.1, -0.05) is 18.2 Å². The molecule has 0 aromatic heterocycles. The quantitative estimate of drug-likeness (QED) is 0.372. The van der Waals surface area contributed by atoms with Gasteiger partial charge in [0.25, 0.3) is 11.8 Å². The molecule has 0 atom stereocenters. The number of fused-ring (bicyclic) bond motifs is 1. The summed E-state index contributed by atoms with van der Waals surface area (Å²) in [6.45, 7) is 11.6. The summed E-state index contributed by atoms with van der Waals surface area (Å²) in [5.41, 5.74) is -0.0392. The minimum atomic E-state index is -0.875. The molecule has 0 aliphatic carbocycles. The highest BCUT2D eigenvalue weighted by Gasteiger charge is 2.40. The van der Waals surface area contributed by atoms with Gasteiger partial charge in [-0.3, -0.25) is 14.4 Å². The van der Waals surface area contributed by atoms with E-state index in [4.69, 9.17) is 9.57 Å². The lowest BCUT2D eigenvalue weighted by atomic mass is 9.97. The second kappa shape index (κ2) is 9.37. The third-order valence-corrected chi connectivity index (χ3v) is 5.17. The number of amides is 2. The van der Waals surface area contributed by atoms with E-state index in [1.54, 1.807) is 77.9 Å². The number of benzene rings is 2. The van der Waals surface area contributed by atoms with Gasteiger partial charge in [-0.2, -0.15) is 0 Å². The SMILES string of the molecule is C/C(OC(=O)C(C)(C)C)=C1/C(=O)N(OC(=O)C(C)(C)C)c2cc(NC(=O)c3ccccc3)ccc21. The fourth-order valence-corrected chi connectivity index (χ4v) is 3.10. The number of anilines is 2. The zero-order valence-corrected chi connectivity index (χ0v) is 21.0. The Kier molecular flexibility index (Phi) is 6.87. The second-order valence-corrected chi connectivity index (χ2v) is 10.4. The molecule has 2 aromatic carbocycles. The van der Waals surface area contributed by atoms with Crippen LogP contribution in [0.25, 0.3) is 5.57 Å². The summed E-state index contributed by atoms with van der Waals surface area (Å²) < 4.78 is 5.48. The molecule has 0 saturated heterocycles. The average molecular weight is 479 g/mol. The largest absolute Gasteiger partial charge is 0.430 e. The lowest BCUT2D eigenvalue weighted by Gasteiger charge is -2.22. The van der Waals surface area contributed by atoms with Crippen LogP contribution in [0, 0.1) is 10.8 Å². The van der Waals surface area contributed by atoms with Gasteiger partial charge in [-0.05, 0) is 78.8 Å². The van der Waals surface area contributed by atoms with Gasteiger partial charge in [0.15, 0.2) is 0 Å². The number of carbonyl (C=O) groups is 4. The molecule has 1 aliphatic heterocycles. The van der Waals surface area contributed by atoms with Crippen LogP contribution in [0.5, 0.6) is 0 Å². The van der Waals surface area contributed by atoms with Crippen LogP contribution in [0.2, 0.25) is 0 Å². The Morgan fingerprint density at radius 3 is 2.03 bits per heavy atom. The van der Waals surface area contributed by atoms with E-state index in [9.17, 15) is 19.2 Å². The smallest absolute Gasteiger partial charge is 0.338 e. The number of hydrogen-bond acceptors (Lipinski definition) is 6. The molecule has 0 spiro atoms. The van der Waals surface area contributed by atoms with E-state index < -0.39 is 28.7 Å². The van der Waals surface area contributed by atoms with Gasteiger partial charge >= 0.3 is 11.9 Å². The zero-order valence-electron chi connectivity index (χ0n) is 21.0. The van der Waals surface area contributed by atoms with Crippen molar-refractivity contribution in [2.45, 2.75) is 48.5 Å². The molecule has 8 nitrogen and oxygen atoms in total. The van der Waals surface area contributed by atoms with Crippen molar-refractivity contribution in [1.82, 2.24) is 0 Å². The molecule has 1 N–H and O–H groups in total. The van der Waals surface area contributed by atoms with Crippen LogP contribution in [-0.4, -0.2) is 23.8 Å². The van der Waals surface area contributed by atoms with Gasteiger partial charge in [0.05, 0.1) is 22.1 Å². The van der Waals surface area contributed by atoms with Gasteiger partial charge in [0, 0.05) is 16.8 Å². The lowest BCUT2D eigenvalue weighted by molar-refractivity contribution is -0.157. The molecule has 184 valence electrons. The fourth-order valence-electron chi connectivity index (χ4n) is 3.10. The number of hydrogen-bond donors (Lipinski definition) is 1. The van der Waals surface area contributed by atoms with Crippen molar-refractivity contribution in [1.29, 1.82) is 0 Å². The molecule has 0 unspecified atom stereocenters. The minimum Gasteiger partial charge on any atom is -0.430 e. The standard InChI is InChI=1S/C27H30N2O6/c1-16(34-24(32)26(2,3)4)21-19-14-13-18(28-22(30)17-11-9-8-10-12-17)15-20(19)29(23(21)31)35-25(33)27(5,6)7/h8-15H,1-7H3,(H,28,30)/b21-16-. The highest BCUT2D eigenvalue weighted by molar-refractivity contribution is 6.32. The van der Waals surface area contributed by atoms with E-state index in [0.717, 1.165) is 5.06 Å². The maximum absolute atomic E-state index is 13.4. The molecule has 8 heteroatoms. The number of carbonyl (C=O) groups excluding carboxylic acids is 4. The first kappa shape index (κ1) is 25.7. The van der Waals surface area contributed by atoms with Crippen LogP contribution < -0.4 is 10.4 Å². The van der Waals surface area contributed by atoms with E-state index in [-0.39, 0.29) is 22.9 Å². The Hall–Kier alpha value is -3.94. The van der Waals surface area contributed by atoms with Gasteiger partial charge in [0.1, 0.15) is 5.76 Å². The third-order valence-electron chi connectivity index (χ3n) is 5.17. The van der Waals surface area contributed by atoms with Gasteiger partial charge < -0.3 is 14.9 Å². The molecule has 2 aromatic rings. The van der Waals surface area contributed by atoms with Crippen molar-refractivity contribution in [3.8, 4) is 0 Å². The summed E-state index contributed by atoms with van der Waals surface area (Å²) in [6.07, 6.45) is 0. The summed E-state index contributed by atoms with van der Waals surface area (Å²) in [6, 6.07) is 13.4. The van der Waals surface area contributed by atoms with Crippen molar-refractivity contribution in [3.05, 3.63) is 65.4 Å². The highest BCUT2D eigenvalue weighted by atomic mass is 16.7. The van der Waals surface area contributed by atoms with Crippen molar-refractivity contribution in [3.63, 3.8) is 0 Å². The number of rotatable bonds is 4. The van der Waals surface area contributed by atoms with Gasteiger partial charge in [-0.25, -0.2) is 4.79 Å². The van der Waals surface area contributed by atoms with Crippen LogP contribution in [0.1, 0.15) is 64.4 Å². The highest BCUT2D eigenvalue weighted by Crippen LogP contribution is 2.41. The first-order valence-corrected chi connectivity index (χ1v) is 11.2. The Labute approximate surface area is 204 Å². The maximum atomic E-state index is 13.4. The van der Waals surface area contributed by atoms with E-state index in [2.05, 4.69) is 5.32 Å². The second-order valence-electron chi connectivity index (χ2n) is 10.4. The van der Waals surface area contributed by atoms with Crippen LogP contribution >= 0.6 is 0 Å². The molecule has 1 aliphatic rings. The molecule has 0 saturated carbocycles. The number of nitrogens with one attached hydrogen (secondary N) is 1. The molecule has 0 fully saturated rings.